The average Bonchev–Trinajstić information content (AvgIpc) is 3.27. The fraction of sp³-hybridized carbons (Fsp3) is 0.269. The Morgan fingerprint density at radius 2 is 1.82 bits per heavy atom. The van der Waals surface area contributed by atoms with Gasteiger partial charge in [0, 0.05) is 41.7 Å². The molecule has 3 aromatic carbocycles. The summed E-state index contributed by atoms with van der Waals surface area (Å²) in [4.78, 5) is 7.87. The maximum atomic E-state index is 10.7. The highest BCUT2D eigenvalue weighted by Gasteiger charge is 2.26. The molecule has 3 aromatic rings. The van der Waals surface area contributed by atoms with Gasteiger partial charge >= 0.3 is 0 Å². The lowest BCUT2D eigenvalue weighted by Crippen LogP contribution is -2.39. The van der Waals surface area contributed by atoms with E-state index in [0.29, 0.717) is 36.1 Å². The Morgan fingerprint density at radius 1 is 1.03 bits per heavy atom. The first-order valence-corrected chi connectivity index (χ1v) is 11.6. The Bertz CT molecular complexity index is 1080. The number of rotatable bonds is 10. The van der Waals surface area contributed by atoms with E-state index in [1.165, 1.54) is 0 Å². The van der Waals surface area contributed by atoms with Crippen molar-refractivity contribution in [3.8, 4) is 5.75 Å². The first-order valence-electron chi connectivity index (χ1n) is 10.9. The molecular formula is C26H26Cl2N2O3. The average molecular weight is 485 g/mol. The molecule has 2 unspecified atom stereocenters. The molecular weight excluding hydrogens is 459 g/mol. The molecule has 33 heavy (non-hydrogen) atoms. The summed E-state index contributed by atoms with van der Waals surface area (Å²) in [7, 11) is 0. The summed E-state index contributed by atoms with van der Waals surface area (Å²) in [6.07, 6.45) is -0.167. The van der Waals surface area contributed by atoms with Crippen molar-refractivity contribution in [3.05, 3.63) is 100 Å². The molecule has 0 fully saturated rings. The standard InChI is InChI=1S/C26H26Cl2N2O3/c27-20-8-6-7-19(13-20)15-30(16-21(31)18-32-22-9-2-1-3-10-22)17-23-14-26(29-33-23)24-11-4-5-12-25(24)28/h1-13,21,23,31H,14-18H2. The van der Waals surface area contributed by atoms with Crippen molar-refractivity contribution in [2.75, 3.05) is 19.7 Å². The lowest BCUT2D eigenvalue weighted by atomic mass is 10.0. The van der Waals surface area contributed by atoms with Crippen molar-refractivity contribution in [1.29, 1.82) is 0 Å². The van der Waals surface area contributed by atoms with Crippen LogP contribution in [0.4, 0.5) is 0 Å². The number of oxime groups is 1. The predicted molar refractivity (Wildman–Crippen MR) is 132 cm³/mol. The predicted octanol–water partition coefficient (Wildman–Crippen LogP) is 5.43. The Kier molecular flexibility index (Phi) is 8.24. The summed E-state index contributed by atoms with van der Waals surface area (Å²) in [5.74, 6) is 0.731. The third-order valence-electron chi connectivity index (χ3n) is 5.33. The van der Waals surface area contributed by atoms with Crippen LogP contribution in [0.25, 0.3) is 0 Å². The normalized spacial score (nSPS) is 16.4. The van der Waals surface area contributed by atoms with Gasteiger partial charge in [-0.25, -0.2) is 0 Å². The molecule has 0 spiro atoms. The lowest BCUT2D eigenvalue weighted by Gasteiger charge is -2.27. The first-order chi connectivity index (χ1) is 16.1. The molecule has 0 amide bonds. The molecule has 0 saturated heterocycles. The molecule has 0 aromatic heterocycles. The minimum atomic E-state index is -0.672. The molecule has 1 heterocycles. The van der Waals surface area contributed by atoms with Crippen LogP contribution in [0.5, 0.6) is 5.75 Å². The summed E-state index contributed by atoms with van der Waals surface area (Å²) in [5.41, 5.74) is 2.78. The minimum Gasteiger partial charge on any atom is -0.491 e. The van der Waals surface area contributed by atoms with E-state index in [1.807, 2.05) is 78.9 Å². The second-order valence-corrected chi connectivity index (χ2v) is 8.89. The number of hydrogen-bond donors (Lipinski definition) is 1. The van der Waals surface area contributed by atoms with Gasteiger partial charge in [-0.05, 0) is 35.9 Å². The number of aliphatic hydroxyl groups excluding tert-OH is 1. The second-order valence-electron chi connectivity index (χ2n) is 8.05. The van der Waals surface area contributed by atoms with Crippen LogP contribution in [0.1, 0.15) is 17.5 Å². The van der Waals surface area contributed by atoms with Crippen molar-refractivity contribution in [2.45, 2.75) is 25.2 Å². The molecule has 5 nitrogen and oxygen atoms in total. The van der Waals surface area contributed by atoms with E-state index < -0.39 is 6.10 Å². The van der Waals surface area contributed by atoms with E-state index in [9.17, 15) is 5.11 Å². The van der Waals surface area contributed by atoms with Gasteiger partial charge in [0.15, 0.2) is 0 Å². The summed E-state index contributed by atoms with van der Waals surface area (Å²) in [6.45, 7) is 1.82. The van der Waals surface area contributed by atoms with E-state index in [4.69, 9.17) is 32.8 Å². The van der Waals surface area contributed by atoms with Crippen LogP contribution in [0, 0.1) is 0 Å². The number of hydrogen-bond acceptors (Lipinski definition) is 5. The zero-order valence-electron chi connectivity index (χ0n) is 18.1. The Morgan fingerprint density at radius 3 is 2.61 bits per heavy atom. The fourth-order valence-electron chi connectivity index (χ4n) is 3.83. The van der Waals surface area contributed by atoms with E-state index in [2.05, 4.69) is 10.1 Å². The summed E-state index contributed by atoms with van der Waals surface area (Å²) >= 11 is 12.5. The van der Waals surface area contributed by atoms with Crippen molar-refractivity contribution < 1.29 is 14.7 Å². The largest absolute Gasteiger partial charge is 0.491 e. The van der Waals surface area contributed by atoms with Crippen LogP contribution in [0.15, 0.2) is 84.0 Å². The van der Waals surface area contributed by atoms with Crippen LogP contribution in [-0.4, -0.2) is 47.6 Å². The molecule has 0 saturated carbocycles. The smallest absolute Gasteiger partial charge is 0.145 e. The quantitative estimate of drug-likeness (QED) is 0.416. The zero-order valence-corrected chi connectivity index (χ0v) is 19.6. The molecule has 172 valence electrons. The topological polar surface area (TPSA) is 54.3 Å². The van der Waals surface area contributed by atoms with Gasteiger partial charge in [0.05, 0.1) is 5.71 Å². The molecule has 0 aliphatic carbocycles. The second kappa shape index (κ2) is 11.5. The molecule has 7 heteroatoms. The van der Waals surface area contributed by atoms with Gasteiger partial charge < -0.3 is 14.7 Å². The van der Waals surface area contributed by atoms with E-state index in [-0.39, 0.29) is 12.7 Å². The molecule has 1 N–H and O–H groups in total. The van der Waals surface area contributed by atoms with Gasteiger partial charge in [-0.2, -0.15) is 0 Å². The molecule has 1 aliphatic rings. The summed E-state index contributed by atoms with van der Waals surface area (Å²) < 4.78 is 5.73. The SMILES string of the molecule is OC(COc1ccccc1)CN(Cc1cccc(Cl)c1)CC1CC(c2ccccc2Cl)=NO1. The van der Waals surface area contributed by atoms with Crippen molar-refractivity contribution >= 4 is 28.9 Å². The van der Waals surface area contributed by atoms with Gasteiger partial charge in [0.1, 0.15) is 24.6 Å². The molecule has 1 aliphatic heterocycles. The van der Waals surface area contributed by atoms with Crippen LogP contribution in [0.2, 0.25) is 10.0 Å². The minimum absolute atomic E-state index is 0.141. The number of para-hydroxylation sites is 1. The van der Waals surface area contributed by atoms with Gasteiger partial charge in [0.2, 0.25) is 0 Å². The summed E-state index contributed by atoms with van der Waals surface area (Å²) in [6, 6.07) is 24.8. The maximum Gasteiger partial charge on any atom is 0.145 e. The molecule has 0 radical (unpaired) electrons. The lowest BCUT2D eigenvalue weighted by molar-refractivity contribution is 0.0213. The number of aliphatic hydroxyl groups is 1. The highest BCUT2D eigenvalue weighted by atomic mass is 35.5. The molecule has 0 bridgehead atoms. The summed E-state index contributed by atoms with van der Waals surface area (Å²) in [5, 5.41) is 16.3. The van der Waals surface area contributed by atoms with Gasteiger partial charge in [-0.1, -0.05) is 76.9 Å². The van der Waals surface area contributed by atoms with Gasteiger partial charge in [0.25, 0.3) is 0 Å². The van der Waals surface area contributed by atoms with Crippen LogP contribution >= 0.6 is 23.2 Å². The Balaban J connectivity index is 1.39. The van der Waals surface area contributed by atoms with Gasteiger partial charge in [-0.15, -0.1) is 0 Å². The third kappa shape index (κ3) is 6.95. The molecule has 2 atom stereocenters. The highest BCUT2D eigenvalue weighted by molar-refractivity contribution is 6.34. The van der Waals surface area contributed by atoms with Crippen molar-refractivity contribution in [2.24, 2.45) is 5.16 Å². The third-order valence-corrected chi connectivity index (χ3v) is 5.89. The Labute approximate surface area is 204 Å². The molecule has 4 rings (SSSR count). The van der Waals surface area contributed by atoms with Crippen LogP contribution in [-0.2, 0) is 11.4 Å². The number of benzene rings is 3. The monoisotopic (exact) mass is 484 g/mol. The van der Waals surface area contributed by atoms with E-state index in [0.717, 1.165) is 22.6 Å². The Hall–Kier alpha value is -2.57. The van der Waals surface area contributed by atoms with E-state index in [1.54, 1.807) is 0 Å². The van der Waals surface area contributed by atoms with Crippen LogP contribution in [0.3, 0.4) is 0 Å². The first kappa shape index (κ1) is 23.6. The van der Waals surface area contributed by atoms with Crippen LogP contribution < -0.4 is 4.74 Å². The number of nitrogens with zero attached hydrogens (tertiary/aromatic N) is 2. The number of ether oxygens (including phenoxy) is 1. The maximum absolute atomic E-state index is 10.7. The van der Waals surface area contributed by atoms with Crippen molar-refractivity contribution in [1.82, 2.24) is 4.90 Å². The van der Waals surface area contributed by atoms with E-state index >= 15 is 0 Å². The zero-order chi connectivity index (χ0) is 23.0. The fourth-order valence-corrected chi connectivity index (χ4v) is 4.28. The van der Waals surface area contributed by atoms with Crippen molar-refractivity contribution in [3.63, 3.8) is 0 Å². The number of halogens is 2. The highest BCUT2D eigenvalue weighted by Crippen LogP contribution is 2.24. The van der Waals surface area contributed by atoms with Gasteiger partial charge in [-0.3, -0.25) is 4.90 Å².